The number of anilines is 1. The summed E-state index contributed by atoms with van der Waals surface area (Å²) in [5, 5.41) is 11.4. The largest absolute Gasteiger partial charge is 0.481 e. The number of rotatable bonds is 11. The van der Waals surface area contributed by atoms with Crippen LogP contribution >= 0.6 is 0 Å². The lowest BCUT2D eigenvalue weighted by Crippen LogP contribution is -2.38. The molecule has 0 unspecified atom stereocenters. The van der Waals surface area contributed by atoms with Gasteiger partial charge in [-0.15, -0.1) is 0 Å². The second kappa shape index (κ2) is 11.6. The quantitative estimate of drug-likeness (QED) is 0.402. The maximum Gasteiger partial charge on any atom is 0.418 e. The highest BCUT2D eigenvalue weighted by Gasteiger charge is 2.35. The number of carboxylic acid groups (broad SMARTS) is 1. The summed E-state index contributed by atoms with van der Waals surface area (Å²) in [4.78, 5) is 24.1. The van der Waals surface area contributed by atoms with E-state index < -0.39 is 23.7 Å². The lowest BCUT2D eigenvalue weighted by atomic mass is 10.1. The fraction of sp³-hybridized carbons (Fsp3) is 0.478. The fourth-order valence-electron chi connectivity index (χ4n) is 3.25. The van der Waals surface area contributed by atoms with Crippen LogP contribution in [0, 0.1) is 0 Å². The van der Waals surface area contributed by atoms with Gasteiger partial charge in [-0.1, -0.05) is 38.7 Å². The third-order valence-electron chi connectivity index (χ3n) is 5.06. The van der Waals surface area contributed by atoms with Gasteiger partial charge >= 0.3 is 18.2 Å². The Morgan fingerprint density at radius 2 is 1.81 bits per heavy atom. The molecule has 0 saturated heterocycles. The molecular weight excluding hydrogens is 425 g/mol. The second-order valence-corrected chi connectivity index (χ2v) is 7.59. The minimum atomic E-state index is -4.64. The first-order valence-electron chi connectivity index (χ1n) is 10.7. The number of nitrogens with one attached hydrogen (secondary N) is 1. The molecule has 0 saturated carbocycles. The number of benzene rings is 1. The van der Waals surface area contributed by atoms with Crippen molar-refractivity contribution in [2.75, 3.05) is 18.5 Å². The number of halogens is 3. The third kappa shape index (κ3) is 7.32. The zero-order valence-electron chi connectivity index (χ0n) is 18.3. The van der Waals surface area contributed by atoms with Crippen LogP contribution < -0.4 is 10.2 Å². The van der Waals surface area contributed by atoms with Gasteiger partial charge in [0.15, 0.2) is 0 Å². The standard InChI is InChI=1S/C23H29F3N2O4/c1-3-4-5-6-7-14-27-22(31)28(2)19-15-16(8-11-18(19)23(24,25)26)20-12-9-17(32-20)10-13-21(29)30/h8-9,11-12,15H,3-7,10,13-14H2,1-2H3,(H,27,31)(H,29,30). The van der Waals surface area contributed by atoms with E-state index in [0.717, 1.165) is 43.1 Å². The van der Waals surface area contributed by atoms with Crippen molar-refractivity contribution in [2.45, 2.75) is 58.0 Å². The predicted molar refractivity (Wildman–Crippen MR) is 116 cm³/mol. The van der Waals surface area contributed by atoms with Crippen molar-refractivity contribution in [3.05, 3.63) is 41.7 Å². The first kappa shape index (κ1) is 25.3. The molecule has 2 N–H and O–H groups in total. The number of alkyl halides is 3. The van der Waals surface area contributed by atoms with Crippen molar-refractivity contribution in [3.63, 3.8) is 0 Å². The summed E-state index contributed by atoms with van der Waals surface area (Å²) in [6.07, 6.45) is 0.387. The first-order valence-corrected chi connectivity index (χ1v) is 10.7. The van der Waals surface area contributed by atoms with Crippen molar-refractivity contribution in [3.8, 4) is 11.3 Å². The predicted octanol–water partition coefficient (Wildman–Crippen LogP) is 6.10. The van der Waals surface area contributed by atoms with Gasteiger partial charge in [0, 0.05) is 25.6 Å². The maximum atomic E-state index is 13.6. The van der Waals surface area contributed by atoms with E-state index in [-0.39, 0.29) is 18.5 Å². The molecule has 1 aromatic carbocycles. The number of aliphatic carboxylic acids is 1. The van der Waals surface area contributed by atoms with E-state index >= 15 is 0 Å². The summed E-state index contributed by atoms with van der Waals surface area (Å²) in [6, 6.07) is 5.97. The molecular formula is C23H29F3N2O4. The highest BCUT2D eigenvalue weighted by Crippen LogP contribution is 2.39. The summed E-state index contributed by atoms with van der Waals surface area (Å²) >= 11 is 0. The van der Waals surface area contributed by atoms with Crippen LogP contribution in [0.3, 0.4) is 0 Å². The highest BCUT2D eigenvalue weighted by atomic mass is 19.4. The molecule has 1 heterocycles. The van der Waals surface area contributed by atoms with Crippen LogP contribution in [-0.2, 0) is 17.4 Å². The molecule has 1 aromatic heterocycles. The molecule has 0 fully saturated rings. The normalized spacial score (nSPS) is 11.4. The van der Waals surface area contributed by atoms with E-state index in [9.17, 15) is 22.8 Å². The van der Waals surface area contributed by atoms with Gasteiger partial charge in [0.25, 0.3) is 0 Å². The number of carbonyl (C=O) groups is 2. The van der Waals surface area contributed by atoms with E-state index in [4.69, 9.17) is 9.52 Å². The number of furan rings is 1. The monoisotopic (exact) mass is 454 g/mol. The summed E-state index contributed by atoms with van der Waals surface area (Å²) in [5.74, 6) is -0.263. The van der Waals surface area contributed by atoms with Crippen molar-refractivity contribution < 1.29 is 32.3 Å². The molecule has 32 heavy (non-hydrogen) atoms. The van der Waals surface area contributed by atoms with Gasteiger partial charge in [0.1, 0.15) is 11.5 Å². The molecule has 2 aromatic rings. The van der Waals surface area contributed by atoms with Crippen molar-refractivity contribution in [2.24, 2.45) is 0 Å². The van der Waals surface area contributed by atoms with Gasteiger partial charge in [-0.05, 0) is 30.7 Å². The van der Waals surface area contributed by atoms with Gasteiger partial charge in [0.2, 0.25) is 0 Å². The number of hydrogen-bond acceptors (Lipinski definition) is 3. The molecule has 0 spiro atoms. The Kier molecular flexibility index (Phi) is 9.16. The number of hydrogen-bond donors (Lipinski definition) is 2. The Hall–Kier alpha value is -2.97. The zero-order chi connectivity index (χ0) is 23.7. The van der Waals surface area contributed by atoms with E-state index in [0.29, 0.717) is 23.6 Å². The van der Waals surface area contributed by atoms with Crippen LogP contribution in [0.2, 0.25) is 0 Å². The summed E-state index contributed by atoms with van der Waals surface area (Å²) < 4.78 is 46.3. The van der Waals surface area contributed by atoms with Crippen LogP contribution in [0.1, 0.15) is 56.8 Å². The number of nitrogens with zero attached hydrogens (tertiary/aromatic N) is 1. The average Bonchev–Trinajstić information content (AvgIpc) is 3.22. The number of aryl methyl sites for hydroxylation is 1. The Morgan fingerprint density at radius 3 is 2.47 bits per heavy atom. The summed E-state index contributed by atoms with van der Waals surface area (Å²) in [7, 11) is 1.29. The topological polar surface area (TPSA) is 82.8 Å². The van der Waals surface area contributed by atoms with Crippen molar-refractivity contribution >= 4 is 17.7 Å². The van der Waals surface area contributed by atoms with Gasteiger partial charge in [-0.2, -0.15) is 13.2 Å². The molecule has 0 aliphatic carbocycles. The molecule has 2 amide bonds. The summed E-state index contributed by atoms with van der Waals surface area (Å²) in [5.41, 5.74) is -0.865. The molecule has 0 aliphatic heterocycles. The lowest BCUT2D eigenvalue weighted by Gasteiger charge is -2.23. The number of amides is 2. The first-order chi connectivity index (χ1) is 15.1. The lowest BCUT2D eigenvalue weighted by molar-refractivity contribution is -0.137. The van der Waals surface area contributed by atoms with E-state index in [1.54, 1.807) is 12.1 Å². The van der Waals surface area contributed by atoms with Crippen LogP contribution in [0.15, 0.2) is 34.7 Å². The Labute approximate surface area is 185 Å². The second-order valence-electron chi connectivity index (χ2n) is 7.59. The Morgan fingerprint density at radius 1 is 1.09 bits per heavy atom. The van der Waals surface area contributed by atoms with Gasteiger partial charge in [-0.3, -0.25) is 9.69 Å². The molecule has 176 valence electrons. The molecule has 0 atom stereocenters. The van der Waals surface area contributed by atoms with E-state index in [1.165, 1.54) is 19.2 Å². The van der Waals surface area contributed by atoms with Crippen LogP contribution in [0.5, 0.6) is 0 Å². The minimum Gasteiger partial charge on any atom is -0.481 e. The molecule has 0 bridgehead atoms. The number of carboxylic acids is 1. The van der Waals surface area contributed by atoms with Gasteiger partial charge < -0.3 is 14.8 Å². The minimum absolute atomic E-state index is 0.118. The number of unbranched alkanes of at least 4 members (excludes halogenated alkanes) is 4. The Balaban J connectivity index is 2.18. The van der Waals surface area contributed by atoms with Crippen molar-refractivity contribution in [1.82, 2.24) is 5.32 Å². The van der Waals surface area contributed by atoms with E-state index in [1.807, 2.05) is 0 Å². The highest BCUT2D eigenvalue weighted by molar-refractivity contribution is 5.93. The van der Waals surface area contributed by atoms with Crippen LogP contribution in [-0.4, -0.2) is 30.7 Å². The molecule has 2 rings (SSSR count). The number of urea groups is 1. The fourth-order valence-corrected chi connectivity index (χ4v) is 3.25. The van der Waals surface area contributed by atoms with Crippen LogP contribution in [0.4, 0.5) is 23.7 Å². The maximum absolute atomic E-state index is 13.6. The smallest absolute Gasteiger partial charge is 0.418 e. The molecule has 0 radical (unpaired) electrons. The SMILES string of the molecule is CCCCCCCNC(=O)N(C)c1cc(-c2ccc(CCC(=O)O)o2)ccc1C(F)(F)F. The zero-order valence-corrected chi connectivity index (χ0v) is 18.3. The van der Waals surface area contributed by atoms with Crippen LogP contribution in [0.25, 0.3) is 11.3 Å². The average molecular weight is 454 g/mol. The third-order valence-corrected chi connectivity index (χ3v) is 5.06. The van der Waals surface area contributed by atoms with Gasteiger partial charge in [0.05, 0.1) is 17.7 Å². The molecule has 0 aliphatic rings. The summed E-state index contributed by atoms with van der Waals surface area (Å²) in [6.45, 7) is 2.49. The van der Waals surface area contributed by atoms with Crippen molar-refractivity contribution in [1.29, 1.82) is 0 Å². The Bertz CT molecular complexity index is 909. The number of carbonyl (C=O) groups excluding carboxylic acids is 1. The van der Waals surface area contributed by atoms with E-state index in [2.05, 4.69) is 12.2 Å². The van der Waals surface area contributed by atoms with Gasteiger partial charge in [-0.25, -0.2) is 4.79 Å². The molecule has 6 nitrogen and oxygen atoms in total. The molecule has 9 heteroatoms.